The van der Waals surface area contributed by atoms with Crippen LogP contribution in [0.5, 0.6) is 0 Å². The lowest BCUT2D eigenvalue weighted by molar-refractivity contribution is -0.117. The van der Waals surface area contributed by atoms with Crippen molar-refractivity contribution in [2.24, 2.45) is 0 Å². The molecule has 5 nitrogen and oxygen atoms in total. The van der Waals surface area contributed by atoms with Gasteiger partial charge in [0.05, 0.1) is 0 Å². The molecule has 1 aliphatic rings. The van der Waals surface area contributed by atoms with Crippen LogP contribution in [0.25, 0.3) is 0 Å². The van der Waals surface area contributed by atoms with E-state index in [-0.39, 0.29) is 17.4 Å². The van der Waals surface area contributed by atoms with Crippen LogP contribution in [0.3, 0.4) is 0 Å². The Morgan fingerprint density at radius 3 is 2.67 bits per heavy atom. The third-order valence-corrected chi connectivity index (χ3v) is 4.47. The number of aromatic nitrogens is 1. The number of benzene rings is 1. The zero-order valence-electron chi connectivity index (χ0n) is 14.2. The second kappa shape index (κ2) is 6.48. The Hall–Kier alpha value is -2.01. The molecule has 1 fully saturated rings. The SMILES string of the molecule is CC(C)(C)c1cc(NC(=O)C2CCCN2c2ccc(Cl)cc2)no1. The van der Waals surface area contributed by atoms with Gasteiger partial charge in [-0.15, -0.1) is 0 Å². The maximum atomic E-state index is 12.7. The summed E-state index contributed by atoms with van der Waals surface area (Å²) in [6.07, 6.45) is 1.80. The third-order valence-electron chi connectivity index (χ3n) is 4.21. The first-order valence-electron chi connectivity index (χ1n) is 8.15. The maximum absolute atomic E-state index is 12.7. The predicted octanol–water partition coefficient (Wildman–Crippen LogP) is 4.23. The number of nitrogens with one attached hydrogen (secondary N) is 1. The molecule has 1 amide bonds. The van der Waals surface area contributed by atoms with Crippen molar-refractivity contribution in [3.8, 4) is 0 Å². The van der Waals surface area contributed by atoms with Gasteiger partial charge >= 0.3 is 0 Å². The summed E-state index contributed by atoms with van der Waals surface area (Å²) in [6.45, 7) is 6.97. The number of amides is 1. The number of nitrogens with zero attached hydrogens (tertiary/aromatic N) is 2. The zero-order chi connectivity index (χ0) is 17.3. The molecule has 1 atom stereocenters. The van der Waals surface area contributed by atoms with Crippen LogP contribution in [-0.4, -0.2) is 23.7 Å². The van der Waals surface area contributed by atoms with Gasteiger partial charge in [0, 0.05) is 28.7 Å². The number of hydrogen-bond acceptors (Lipinski definition) is 4. The Morgan fingerprint density at radius 2 is 2.04 bits per heavy atom. The van der Waals surface area contributed by atoms with Crippen molar-refractivity contribution in [2.45, 2.75) is 45.1 Å². The molecule has 2 heterocycles. The number of carbonyl (C=O) groups is 1. The first kappa shape index (κ1) is 16.8. The van der Waals surface area contributed by atoms with Gasteiger partial charge in [-0.25, -0.2) is 0 Å². The maximum Gasteiger partial charge on any atom is 0.248 e. The largest absolute Gasteiger partial charge is 0.360 e. The van der Waals surface area contributed by atoms with Gasteiger partial charge in [-0.2, -0.15) is 0 Å². The minimum absolute atomic E-state index is 0.0591. The molecule has 1 saturated heterocycles. The van der Waals surface area contributed by atoms with Gasteiger partial charge in [0.15, 0.2) is 5.82 Å². The highest BCUT2D eigenvalue weighted by molar-refractivity contribution is 6.30. The molecule has 128 valence electrons. The summed E-state index contributed by atoms with van der Waals surface area (Å²) in [6, 6.07) is 9.17. The highest BCUT2D eigenvalue weighted by atomic mass is 35.5. The molecule has 2 aromatic rings. The molecule has 0 aliphatic carbocycles. The molecule has 1 unspecified atom stereocenters. The van der Waals surface area contributed by atoms with Crippen molar-refractivity contribution >= 4 is 29.0 Å². The molecule has 0 radical (unpaired) electrons. The molecule has 0 saturated carbocycles. The summed E-state index contributed by atoms with van der Waals surface area (Å²) in [5.74, 6) is 1.16. The number of halogens is 1. The van der Waals surface area contributed by atoms with E-state index in [4.69, 9.17) is 16.1 Å². The van der Waals surface area contributed by atoms with E-state index in [9.17, 15) is 4.79 Å². The number of anilines is 2. The van der Waals surface area contributed by atoms with E-state index in [1.165, 1.54) is 0 Å². The fourth-order valence-electron chi connectivity index (χ4n) is 2.88. The minimum Gasteiger partial charge on any atom is -0.360 e. The van der Waals surface area contributed by atoms with Gasteiger partial charge in [-0.3, -0.25) is 4.79 Å². The van der Waals surface area contributed by atoms with Gasteiger partial charge in [0.25, 0.3) is 0 Å². The van der Waals surface area contributed by atoms with Crippen LogP contribution in [-0.2, 0) is 10.2 Å². The smallest absolute Gasteiger partial charge is 0.248 e. The van der Waals surface area contributed by atoms with E-state index in [1.54, 1.807) is 6.07 Å². The Labute approximate surface area is 147 Å². The van der Waals surface area contributed by atoms with Crippen LogP contribution in [0.4, 0.5) is 11.5 Å². The quantitative estimate of drug-likeness (QED) is 0.902. The van der Waals surface area contributed by atoms with E-state index in [1.807, 2.05) is 45.0 Å². The highest BCUT2D eigenvalue weighted by Crippen LogP contribution is 2.28. The van der Waals surface area contributed by atoms with E-state index in [2.05, 4.69) is 15.4 Å². The normalized spacial score (nSPS) is 18.0. The first-order valence-corrected chi connectivity index (χ1v) is 8.53. The monoisotopic (exact) mass is 347 g/mol. The van der Waals surface area contributed by atoms with E-state index < -0.39 is 0 Å². The molecule has 0 bridgehead atoms. The molecule has 3 rings (SSSR count). The van der Waals surface area contributed by atoms with Crippen molar-refractivity contribution in [3.63, 3.8) is 0 Å². The Bertz CT molecular complexity index is 719. The summed E-state index contributed by atoms with van der Waals surface area (Å²) in [7, 11) is 0. The van der Waals surface area contributed by atoms with Crippen molar-refractivity contribution in [3.05, 3.63) is 41.1 Å². The van der Waals surface area contributed by atoms with Gasteiger partial charge in [0.2, 0.25) is 5.91 Å². The molecule has 1 N–H and O–H groups in total. The standard InChI is InChI=1S/C18H22ClN3O2/c1-18(2,3)15-11-16(21-24-15)20-17(23)14-5-4-10-22(14)13-8-6-12(19)7-9-13/h6-9,11,14H,4-5,10H2,1-3H3,(H,20,21,23). The van der Waals surface area contributed by atoms with Crippen LogP contribution in [0.2, 0.25) is 5.02 Å². The fraction of sp³-hybridized carbons (Fsp3) is 0.444. The second-order valence-electron chi connectivity index (χ2n) is 7.14. The molecular weight excluding hydrogens is 326 g/mol. The zero-order valence-corrected chi connectivity index (χ0v) is 14.9. The Morgan fingerprint density at radius 1 is 1.33 bits per heavy atom. The van der Waals surface area contributed by atoms with Gasteiger partial charge in [-0.05, 0) is 37.1 Å². The molecule has 1 aliphatic heterocycles. The summed E-state index contributed by atoms with van der Waals surface area (Å²) in [5, 5.41) is 7.53. The average Bonchev–Trinajstić information content (AvgIpc) is 3.16. The lowest BCUT2D eigenvalue weighted by atomic mass is 9.93. The van der Waals surface area contributed by atoms with E-state index in [0.717, 1.165) is 30.8 Å². The summed E-state index contributed by atoms with van der Waals surface area (Å²) < 4.78 is 5.32. The summed E-state index contributed by atoms with van der Waals surface area (Å²) >= 11 is 5.95. The third kappa shape index (κ3) is 3.56. The minimum atomic E-state index is -0.207. The Balaban J connectivity index is 1.72. The van der Waals surface area contributed by atoms with Crippen LogP contribution in [0, 0.1) is 0 Å². The van der Waals surface area contributed by atoms with Crippen LogP contribution < -0.4 is 10.2 Å². The van der Waals surface area contributed by atoms with Crippen molar-refractivity contribution in [2.75, 3.05) is 16.8 Å². The Kier molecular flexibility index (Phi) is 4.54. The van der Waals surface area contributed by atoms with Crippen molar-refractivity contribution in [1.29, 1.82) is 0 Å². The second-order valence-corrected chi connectivity index (χ2v) is 7.58. The molecule has 6 heteroatoms. The van der Waals surface area contributed by atoms with E-state index in [0.29, 0.717) is 10.8 Å². The highest BCUT2D eigenvalue weighted by Gasteiger charge is 2.31. The summed E-state index contributed by atoms with van der Waals surface area (Å²) in [4.78, 5) is 14.8. The molecule has 1 aromatic carbocycles. The molecular formula is C18H22ClN3O2. The summed E-state index contributed by atoms with van der Waals surface area (Å²) in [5.41, 5.74) is 0.867. The van der Waals surface area contributed by atoms with Gasteiger partial charge in [-0.1, -0.05) is 37.5 Å². The first-order chi connectivity index (χ1) is 11.3. The van der Waals surface area contributed by atoms with Crippen LogP contribution >= 0.6 is 11.6 Å². The molecule has 1 aromatic heterocycles. The van der Waals surface area contributed by atoms with Gasteiger partial charge in [0.1, 0.15) is 11.8 Å². The van der Waals surface area contributed by atoms with Crippen LogP contribution in [0.15, 0.2) is 34.9 Å². The van der Waals surface area contributed by atoms with Crippen molar-refractivity contribution in [1.82, 2.24) is 5.16 Å². The molecule has 0 spiro atoms. The van der Waals surface area contributed by atoms with E-state index >= 15 is 0 Å². The lowest BCUT2D eigenvalue weighted by Gasteiger charge is -2.25. The van der Waals surface area contributed by atoms with Gasteiger partial charge < -0.3 is 14.7 Å². The number of hydrogen-bond donors (Lipinski definition) is 1. The average molecular weight is 348 g/mol. The van der Waals surface area contributed by atoms with Crippen molar-refractivity contribution < 1.29 is 9.32 Å². The molecule has 24 heavy (non-hydrogen) atoms. The van der Waals surface area contributed by atoms with Crippen LogP contribution in [0.1, 0.15) is 39.4 Å². The predicted molar refractivity (Wildman–Crippen MR) is 95.7 cm³/mol. The topological polar surface area (TPSA) is 58.4 Å². The lowest BCUT2D eigenvalue weighted by Crippen LogP contribution is -2.39. The number of rotatable bonds is 3. The fourth-order valence-corrected chi connectivity index (χ4v) is 3.00. The number of carbonyl (C=O) groups excluding carboxylic acids is 1.